The second kappa shape index (κ2) is 8.56. The molecule has 0 amide bonds. The lowest BCUT2D eigenvalue weighted by molar-refractivity contribution is 0.569. The minimum Gasteiger partial charge on any atom is -0.455 e. The molecular weight excluding hydrogens is 520 g/mol. The van der Waals surface area contributed by atoms with Gasteiger partial charge in [-0.25, -0.2) is 0 Å². The van der Waals surface area contributed by atoms with E-state index in [0.29, 0.717) is 5.92 Å². The lowest BCUT2D eigenvalue weighted by atomic mass is 9.61. The summed E-state index contributed by atoms with van der Waals surface area (Å²) in [6, 6.07) is 35.1. The van der Waals surface area contributed by atoms with Crippen molar-refractivity contribution < 1.29 is 4.42 Å². The molecule has 6 aromatic rings. The number of furan rings is 1. The van der Waals surface area contributed by atoms with Gasteiger partial charge in [0.25, 0.3) is 0 Å². The molecule has 2 atom stereocenters. The van der Waals surface area contributed by atoms with Gasteiger partial charge in [0, 0.05) is 28.2 Å². The first kappa shape index (κ1) is 23.2. The molecule has 0 saturated carbocycles. The average molecular weight is 547 g/mol. The fraction of sp³-hybridized carbons (Fsp3) is 0.0476. The molecule has 0 bridgehead atoms. The van der Waals surface area contributed by atoms with E-state index in [1.807, 2.05) is 0 Å². The van der Waals surface area contributed by atoms with Crippen molar-refractivity contribution in [1.29, 1.82) is 0 Å². The van der Waals surface area contributed by atoms with Crippen LogP contribution in [0.25, 0.3) is 54.6 Å². The van der Waals surface area contributed by atoms with Gasteiger partial charge < -0.3 is 4.42 Å². The van der Waals surface area contributed by atoms with Crippen LogP contribution in [0.5, 0.6) is 0 Å². The summed E-state index contributed by atoms with van der Waals surface area (Å²) in [6.45, 7) is 0. The molecule has 0 aliphatic heterocycles. The van der Waals surface area contributed by atoms with Crippen LogP contribution in [0.1, 0.15) is 11.1 Å². The normalized spacial score (nSPS) is 20.4. The fourth-order valence-corrected chi connectivity index (χ4v) is 7.83. The van der Waals surface area contributed by atoms with Crippen LogP contribution in [-0.4, -0.2) is 0 Å². The zero-order valence-corrected chi connectivity index (χ0v) is 23.4. The van der Waals surface area contributed by atoms with Crippen LogP contribution in [0.15, 0.2) is 172 Å². The van der Waals surface area contributed by atoms with Gasteiger partial charge in [-0.15, -0.1) is 0 Å². The van der Waals surface area contributed by atoms with Crippen molar-refractivity contribution in [2.24, 2.45) is 11.8 Å². The summed E-state index contributed by atoms with van der Waals surface area (Å²) in [5.74, 6) is 0.578. The van der Waals surface area contributed by atoms with Crippen LogP contribution in [0.4, 0.5) is 0 Å². The Morgan fingerprint density at radius 3 is 2.14 bits per heavy atom. The Labute approximate surface area is 249 Å². The average Bonchev–Trinajstić information content (AvgIpc) is 3.43. The van der Waals surface area contributed by atoms with Crippen LogP contribution in [0.2, 0.25) is 0 Å². The van der Waals surface area contributed by atoms with Crippen molar-refractivity contribution >= 4 is 54.6 Å². The second-order valence-electron chi connectivity index (χ2n) is 12.1. The highest BCUT2D eigenvalue weighted by atomic mass is 16.3. The van der Waals surface area contributed by atoms with Crippen LogP contribution >= 0.6 is 0 Å². The van der Waals surface area contributed by atoms with Gasteiger partial charge in [-0.05, 0) is 78.7 Å². The summed E-state index contributed by atoms with van der Waals surface area (Å²) < 4.78 is 6.66. The van der Waals surface area contributed by atoms with Crippen LogP contribution in [0, 0.1) is 11.8 Å². The van der Waals surface area contributed by atoms with E-state index >= 15 is 0 Å². The summed E-state index contributed by atoms with van der Waals surface area (Å²) in [4.78, 5) is 0. The predicted octanol–water partition coefficient (Wildman–Crippen LogP) is 10.9. The summed E-state index contributed by atoms with van der Waals surface area (Å²) in [5.41, 5.74) is 12.5. The molecule has 1 heteroatoms. The second-order valence-corrected chi connectivity index (χ2v) is 12.1. The molecule has 1 aromatic heterocycles. The number of para-hydroxylation sites is 1. The van der Waals surface area contributed by atoms with Gasteiger partial charge in [0.05, 0.1) is 0 Å². The third-order valence-corrected chi connectivity index (χ3v) is 9.86. The predicted molar refractivity (Wildman–Crippen MR) is 180 cm³/mol. The zero-order valence-electron chi connectivity index (χ0n) is 23.4. The van der Waals surface area contributed by atoms with Crippen molar-refractivity contribution in [3.8, 4) is 0 Å². The minimum absolute atomic E-state index is 0.280. The van der Waals surface area contributed by atoms with E-state index in [0.717, 1.165) is 16.7 Å². The first-order valence-corrected chi connectivity index (χ1v) is 15.1. The highest BCUT2D eigenvalue weighted by Gasteiger charge is 2.40. The molecule has 200 valence electrons. The molecular formula is C42H26O. The number of rotatable bonds is 2. The van der Waals surface area contributed by atoms with Crippen molar-refractivity contribution in [1.82, 2.24) is 0 Å². The number of allylic oxidation sites excluding steroid dienone is 14. The summed E-state index contributed by atoms with van der Waals surface area (Å²) >= 11 is 0. The van der Waals surface area contributed by atoms with Gasteiger partial charge in [0.2, 0.25) is 0 Å². The maximum atomic E-state index is 6.66. The van der Waals surface area contributed by atoms with E-state index in [2.05, 4.69) is 146 Å². The Balaban J connectivity index is 1.13. The van der Waals surface area contributed by atoms with Gasteiger partial charge in [-0.3, -0.25) is 0 Å². The third-order valence-electron chi connectivity index (χ3n) is 9.86. The monoisotopic (exact) mass is 546 g/mol. The SMILES string of the molecule is C1=CC2=C(c3ccc4ccccc4c3)C=CC3=CC=C4C(c5cccc6c5oc5cc7ccccc7cc56)=CC=C1C4C32. The lowest BCUT2D eigenvalue weighted by Gasteiger charge is -2.42. The highest BCUT2D eigenvalue weighted by Crippen LogP contribution is 2.54. The molecule has 0 N–H and O–H groups in total. The topological polar surface area (TPSA) is 13.1 Å². The van der Waals surface area contributed by atoms with Gasteiger partial charge in [0.1, 0.15) is 11.2 Å². The minimum atomic E-state index is 0.280. The number of hydrogen-bond acceptors (Lipinski definition) is 1. The van der Waals surface area contributed by atoms with E-state index in [1.165, 1.54) is 71.3 Å². The Kier molecular flexibility index (Phi) is 4.62. The van der Waals surface area contributed by atoms with Crippen LogP contribution < -0.4 is 0 Å². The molecule has 2 unspecified atom stereocenters. The summed E-state index contributed by atoms with van der Waals surface area (Å²) in [5, 5.41) is 7.34. The van der Waals surface area contributed by atoms with Crippen molar-refractivity contribution in [3.63, 3.8) is 0 Å². The Morgan fingerprint density at radius 2 is 1.26 bits per heavy atom. The Bertz CT molecular complexity index is 2450. The highest BCUT2D eigenvalue weighted by molar-refractivity contribution is 6.13. The molecule has 4 aliphatic carbocycles. The van der Waals surface area contributed by atoms with Crippen LogP contribution in [-0.2, 0) is 0 Å². The maximum Gasteiger partial charge on any atom is 0.143 e. The molecule has 0 fully saturated rings. The van der Waals surface area contributed by atoms with Gasteiger partial charge in [-0.2, -0.15) is 0 Å². The number of fused-ring (bicyclic) bond motifs is 5. The van der Waals surface area contributed by atoms with Gasteiger partial charge in [-0.1, -0.05) is 127 Å². The first-order chi connectivity index (χ1) is 21.3. The largest absolute Gasteiger partial charge is 0.455 e. The lowest BCUT2D eigenvalue weighted by Crippen LogP contribution is -2.30. The fourth-order valence-electron chi connectivity index (χ4n) is 7.83. The molecule has 1 heterocycles. The molecule has 4 aliphatic rings. The number of hydrogen-bond donors (Lipinski definition) is 0. The first-order valence-electron chi connectivity index (χ1n) is 15.1. The number of benzene rings is 5. The Hall–Kier alpha value is -5.40. The smallest absolute Gasteiger partial charge is 0.143 e. The maximum absolute atomic E-state index is 6.66. The van der Waals surface area contributed by atoms with Crippen molar-refractivity contribution in [2.45, 2.75) is 0 Å². The molecule has 10 rings (SSSR count). The quantitative estimate of drug-likeness (QED) is 0.211. The Morgan fingerprint density at radius 1 is 0.512 bits per heavy atom. The van der Waals surface area contributed by atoms with Crippen molar-refractivity contribution in [3.05, 3.63) is 179 Å². The summed E-state index contributed by atoms with van der Waals surface area (Å²) in [7, 11) is 0. The summed E-state index contributed by atoms with van der Waals surface area (Å²) in [6.07, 6.45) is 18.7. The van der Waals surface area contributed by atoms with E-state index < -0.39 is 0 Å². The molecule has 43 heavy (non-hydrogen) atoms. The van der Waals surface area contributed by atoms with E-state index in [9.17, 15) is 0 Å². The zero-order chi connectivity index (χ0) is 28.1. The standard InChI is InChI=1S/C42H26O/c1-2-7-28-22-31(13-12-25(28)6-1)32-18-14-26-17-21-35-33(19-15-27-16-20-34(32)40(26)41(27)35)36-10-5-11-37-38-23-29-8-3-4-9-30(29)24-39(38)43-42(36)37/h1-24,40-41H. The molecule has 5 aromatic carbocycles. The molecule has 1 nitrogen and oxygen atoms in total. The van der Waals surface area contributed by atoms with Crippen LogP contribution in [0.3, 0.4) is 0 Å². The van der Waals surface area contributed by atoms with E-state index in [-0.39, 0.29) is 5.92 Å². The van der Waals surface area contributed by atoms with Gasteiger partial charge in [0.15, 0.2) is 0 Å². The molecule has 0 radical (unpaired) electrons. The van der Waals surface area contributed by atoms with Gasteiger partial charge >= 0.3 is 0 Å². The molecule has 0 spiro atoms. The van der Waals surface area contributed by atoms with E-state index in [1.54, 1.807) is 0 Å². The van der Waals surface area contributed by atoms with Crippen molar-refractivity contribution in [2.75, 3.05) is 0 Å². The van der Waals surface area contributed by atoms with E-state index in [4.69, 9.17) is 4.42 Å². The molecule has 0 saturated heterocycles. The third kappa shape index (κ3) is 3.28.